The number of hydrogen-bond donors (Lipinski definition) is 1. The molecular weight excluding hydrogens is 381 g/mol. The molecule has 30 heavy (non-hydrogen) atoms. The van der Waals surface area contributed by atoms with Gasteiger partial charge in [-0.3, -0.25) is 14.2 Å². The van der Waals surface area contributed by atoms with Crippen LogP contribution < -0.4 is 10.9 Å². The van der Waals surface area contributed by atoms with Crippen LogP contribution in [-0.4, -0.2) is 22.0 Å². The zero-order chi connectivity index (χ0) is 20.9. The second-order valence-electron chi connectivity index (χ2n) is 6.98. The number of carbonyl (C=O) groups is 1. The van der Waals surface area contributed by atoms with Crippen LogP contribution in [-0.2, 0) is 17.8 Å². The number of benzene rings is 3. The molecular formula is C24H20FN3O2. The number of rotatable bonds is 6. The monoisotopic (exact) mass is 401 g/mol. The van der Waals surface area contributed by atoms with E-state index in [9.17, 15) is 14.0 Å². The second kappa shape index (κ2) is 8.69. The minimum Gasteiger partial charge on any atom is -0.354 e. The molecule has 0 unspecified atom stereocenters. The highest BCUT2D eigenvalue weighted by molar-refractivity contribution is 5.90. The Hall–Kier alpha value is -3.80. The van der Waals surface area contributed by atoms with Gasteiger partial charge in [-0.15, -0.1) is 0 Å². The van der Waals surface area contributed by atoms with Gasteiger partial charge in [0.1, 0.15) is 5.82 Å². The summed E-state index contributed by atoms with van der Waals surface area (Å²) in [7, 11) is 0. The van der Waals surface area contributed by atoms with Crippen LogP contribution >= 0.6 is 0 Å². The number of fused-ring (bicyclic) bond motifs is 1. The van der Waals surface area contributed by atoms with Crippen molar-refractivity contribution in [2.45, 2.75) is 13.0 Å². The fourth-order valence-corrected chi connectivity index (χ4v) is 3.37. The van der Waals surface area contributed by atoms with Gasteiger partial charge >= 0.3 is 0 Å². The Balaban J connectivity index is 1.36. The highest BCUT2D eigenvalue weighted by Crippen LogP contribution is 2.19. The minimum atomic E-state index is -0.341. The maximum absolute atomic E-state index is 13.0. The maximum atomic E-state index is 13.0. The molecule has 1 aromatic heterocycles. The zero-order valence-electron chi connectivity index (χ0n) is 16.2. The lowest BCUT2D eigenvalue weighted by molar-refractivity contribution is -0.120. The number of carbonyl (C=O) groups excluding carboxylic acids is 1. The van der Waals surface area contributed by atoms with E-state index in [4.69, 9.17) is 0 Å². The molecule has 0 atom stereocenters. The summed E-state index contributed by atoms with van der Waals surface area (Å²) >= 11 is 0. The van der Waals surface area contributed by atoms with Crippen molar-refractivity contribution < 1.29 is 9.18 Å². The summed E-state index contributed by atoms with van der Waals surface area (Å²) in [6, 6.07) is 21.1. The van der Waals surface area contributed by atoms with E-state index >= 15 is 0 Å². The number of amides is 1. The SMILES string of the molecule is O=C(Cc1cccc2ccccc12)NCCn1cnc(-c2ccc(F)cc2)cc1=O. The van der Waals surface area contributed by atoms with E-state index in [0.717, 1.165) is 16.3 Å². The molecule has 4 rings (SSSR count). The Morgan fingerprint density at radius 3 is 2.57 bits per heavy atom. The van der Waals surface area contributed by atoms with Crippen molar-refractivity contribution in [2.75, 3.05) is 6.54 Å². The van der Waals surface area contributed by atoms with Crippen LogP contribution in [0.2, 0.25) is 0 Å². The number of aromatic nitrogens is 2. The number of nitrogens with zero attached hydrogens (tertiary/aromatic N) is 2. The van der Waals surface area contributed by atoms with E-state index in [-0.39, 0.29) is 23.7 Å². The molecule has 0 saturated carbocycles. The number of halogens is 1. The Bertz CT molecular complexity index is 1240. The van der Waals surface area contributed by atoms with E-state index in [1.165, 1.54) is 29.1 Å². The molecule has 3 aromatic carbocycles. The highest BCUT2D eigenvalue weighted by atomic mass is 19.1. The lowest BCUT2D eigenvalue weighted by Crippen LogP contribution is -2.31. The molecule has 0 fully saturated rings. The van der Waals surface area contributed by atoms with E-state index in [1.807, 2.05) is 42.5 Å². The first kappa shape index (κ1) is 19.5. The third kappa shape index (κ3) is 4.43. The quantitative estimate of drug-likeness (QED) is 0.537. The Morgan fingerprint density at radius 2 is 1.77 bits per heavy atom. The maximum Gasteiger partial charge on any atom is 0.253 e. The van der Waals surface area contributed by atoms with Gasteiger partial charge in [-0.1, -0.05) is 42.5 Å². The molecule has 0 spiro atoms. The predicted molar refractivity (Wildman–Crippen MR) is 115 cm³/mol. The lowest BCUT2D eigenvalue weighted by Gasteiger charge is -2.09. The van der Waals surface area contributed by atoms with Crippen molar-refractivity contribution in [3.05, 3.63) is 101 Å². The van der Waals surface area contributed by atoms with Crippen LogP contribution in [0.25, 0.3) is 22.0 Å². The second-order valence-corrected chi connectivity index (χ2v) is 6.98. The normalized spacial score (nSPS) is 10.8. The van der Waals surface area contributed by atoms with Crippen LogP contribution in [0.4, 0.5) is 4.39 Å². The molecule has 4 aromatic rings. The topological polar surface area (TPSA) is 64.0 Å². The summed E-state index contributed by atoms with van der Waals surface area (Å²) in [4.78, 5) is 28.9. The molecule has 0 aliphatic heterocycles. The van der Waals surface area contributed by atoms with Gasteiger partial charge in [0.15, 0.2) is 0 Å². The molecule has 5 nitrogen and oxygen atoms in total. The minimum absolute atomic E-state index is 0.102. The first-order valence-electron chi connectivity index (χ1n) is 9.66. The molecule has 0 aliphatic carbocycles. The van der Waals surface area contributed by atoms with Crippen molar-refractivity contribution >= 4 is 16.7 Å². The lowest BCUT2D eigenvalue weighted by atomic mass is 10.0. The molecule has 150 valence electrons. The van der Waals surface area contributed by atoms with E-state index in [0.29, 0.717) is 24.3 Å². The molecule has 6 heteroatoms. The third-order valence-corrected chi connectivity index (χ3v) is 4.93. The Labute approximate surface area is 172 Å². The zero-order valence-corrected chi connectivity index (χ0v) is 16.2. The largest absolute Gasteiger partial charge is 0.354 e. The fraction of sp³-hybridized carbons (Fsp3) is 0.125. The highest BCUT2D eigenvalue weighted by Gasteiger charge is 2.08. The standard InChI is InChI=1S/C24H20FN3O2/c25-20-10-8-18(9-11-20)22-15-24(30)28(16-27-22)13-12-26-23(29)14-19-6-3-5-17-4-1-2-7-21(17)19/h1-11,15-16H,12-14H2,(H,26,29). The van der Waals surface area contributed by atoms with E-state index in [1.54, 1.807) is 12.1 Å². The molecule has 1 heterocycles. The van der Waals surface area contributed by atoms with Gasteiger partial charge in [0.2, 0.25) is 5.91 Å². The fourth-order valence-electron chi connectivity index (χ4n) is 3.37. The van der Waals surface area contributed by atoms with Crippen LogP contribution in [0.3, 0.4) is 0 Å². The summed E-state index contributed by atoms with van der Waals surface area (Å²) < 4.78 is 14.5. The average Bonchev–Trinajstić information content (AvgIpc) is 2.76. The molecule has 0 saturated heterocycles. The van der Waals surface area contributed by atoms with Gasteiger partial charge in [-0.2, -0.15) is 0 Å². The van der Waals surface area contributed by atoms with Crippen molar-refractivity contribution in [1.82, 2.24) is 14.9 Å². The first-order chi connectivity index (χ1) is 14.6. The summed E-state index contributed by atoms with van der Waals surface area (Å²) in [5, 5.41) is 5.02. The van der Waals surface area contributed by atoms with E-state index < -0.39 is 0 Å². The Morgan fingerprint density at radius 1 is 1.00 bits per heavy atom. The molecule has 1 N–H and O–H groups in total. The van der Waals surface area contributed by atoms with Gasteiger partial charge in [0.05, 0.1) is 18.4 Å². The Kier molecular flexibility index (Phi) is 5.66. The van der Waals surface area contributed by atoms with Crippen LogP contribution in [0.5, 0.6) is 0 Å². The van der Waals surface area contributed by atoms with Crippen LogP contribution in [0, 0.1) is 5.82 Å². The van der Waals surface area contributed by atoms with Crippen LogP contribution in [0.1, 0.15) is 5.56 Å². The summed E-state index contributed by atoms with van der Waals surface area (Å²) in [5.41, 5.74) is 1.89. The van der Waals surface area contributed by atoms with Gasteiger partial charge < -0.3 is 5.32 Å². The van der Waals surface area contributed by atoms with Crippen LogP contribution in [0.15, 0.2) is 83.9 Å². The summed E-state index contributed by atoms with van der Waals surface area (Å²) in [6.07, 6.45) is 1.72. The molecule has 0 aliphatic rings. The summed E-state index contributed by atoms with van der Waals surface area (Å²) in [6.45, 7) is 0.637. The van der Waals surface area contributed by atoms with Crippen molar-refractivity contribution in [3.63, 3.8) is 0 Å². The van der Waals surface area contributed by atoms with Crippen molar-refractivity contribution in [1.29, 1.82) is 0 Å². The smallest absolute Gasteiger partial charge is 0.253 e. The number of nitrogens with one attached hydrogen (secondary N) is 1. The predicted octanol–water partition coefficient (Wildman–Crippen LogP) is 3.56. The van der Waals surface area contributed by atoms with E-state index in [2.05, 4.69) is 10.3 Å². The van der Waals surface area contributed by atoms with Crippen molar-refractivity contribution in [3.8, 4) is 11.3 Å². The van der Waals surface area contributed by atoms with Crippen molar-refractivity contribution in [2.24, 2.45) is 0 Å². The number of hydrogen-bond acceptors (Lipinski definition) is 3. The average molecular weight is 401 g/mol. The first-order valence-corrected chi connectivity index (χ1v) is 9.66. The van der Waals surface area contributed by atoms with Gasteiger partial charge in [-0.05, 0) is 40.6 Å². The van der Waals surface area contributed by atoms with Gasteiger partial charge in [0.25, 0.3) is 5.56 Å². The molecule has 0 bridgehead atoms. The van der Waals surface area contributed by atoms with Gasteiger partial charge in [0, 0.05) is 24.7 Å². The molecule has 1 amide bonds. The third-order valence-electron chi connectivity index (χ3n) is 4.93. The van der Waals surface area contributed by atoms with Gasteiger partial charge in [-0.25, -0.2) is 9.37 Å². The summed E-state index contributed by atoms with van der Waals surface area (Å²) in [5.74, 6) is -0.443. The molecule has 0 radical (unpaired) electrons.